The van der Waals surface area contributed by atoms with Crippen LogP contribution in [0.25, 0.3) is 0 Å². The van der Waals surface area contributed by atoms with Gasteiger partial charge in [-0.25, -0.2) is 0 Å². The predicted octanol–water partition coefficient (Wildman–Crippen LogP) is 4.32. The average molecular weight is 408 g/mol. The molecule has 0 atom stereocenters. The van der Waals surface area contributed by atoms with E-state index in [2.05, 4.69) is 28.1 Å². The van der Waals surface area contributed by atoms with Gasteiger partial charge >= 0.3 is 0 Å². The molecular weight excluding hydrogens is 400 g/mol. The van der Waals surface area contributed by atoms with Crippen LogP contribution in [0.2, 0.25) is 10.0 Å². The molecule has 0 fully saturated rings. The number of amides is 1. The highest BCUT2D eigenvalue weighted by molar-refractivity contribution is 14.1. The monoisotopic (exact) mass is 407 g/mol. The van der Waals surface area contributed by atoms with Crippen LogP contribution in [-0.4, -0.2) is 5.91 Å². The lowest BCUT2D eigenvalue weighted by molar-refractivity contribution is 0.0759. The van der Waals surface area contributed by atoms with E-state index in [1.54, 1.807) is 24.3 Å². The molecule has 2 aromatic rings. The molecule has 0 saturated heterocycles. The normalized spacial score (nSPS) is 10.1. The van der Waals surface area contributed by atoms with E-state index in [4.69, 9.17) is 28.0 Å². The summed E-state index contributed by atoms with van der Waals surface area (Å²) in [5, 5.41) is 0.830. The zero-order valence-corrected chi connectivity index (χ0v) is 13.2. The van der Waals surface area contributed by atoms with Gasteiger partial charge in [0.2, 0.25) is 0 Å². The van der Waals surface area contributed by atoms with Crippen molar-refractivity contribution >= 4 is 51.7 Å². The van der Waals surface area contributed by atoms with Crippen LogP contribution in [0.3, 0.4) is 0 Å². The standard InChI is InChI=1S/C13H8Cl2INO2/c14-8-5-6-12(10(15)7-8)19-17-13(18)9-3-1-2-4-11(9)16/h1-7H,(H,17,18). The largest absolute Gasteiger partial charge is 0.378 e. The Bertz CT molecular complexity index is 619. The maximum Gasteiger partial charge on any atom is 0.284 e. The van der Waals surface area contributed by atoms with Crippen LogP contribution in [0.15, 0.2) is 42.5 Å². The van der Waals surface area contributed by atoms with Gasteiger partial charge in [-0.15, -0.1) is 0 Å². The van der Waals surface area contributed by atoms with Crippen molar-refractivity contribution in [3.05, 3.63) is 61.6 Å². The van der Waals surface area contributed by atoms with Gasteiger partial charge in [0.1, 0.15) is 0 Å². The molecule has 3 nitrogen and oxygen atoms in total. The molecule has 0 aliphatic heterocycles. The number of benzene rings is 2. The summed E-state index contributed by atoms with van der Waals surface area (Å²) in [7, 11) is 0. The summed E-state index contributed by atoms with van der Waals surface area (Å²) in [6, 6.07) is 11.9. The van der Waals surface area contributed by atoms with Crippen LogP contribution in [0.4, 0.5) is 0 Å². The van der Waals surface area contributed by atoms with Gasteiger partial charge in [0, 0.05) is 8.59 Å². The SMILES string of the molecule is O=C(NOc1ccc(Cl)cc1Cl)c1ccccc1I. The third-order valence-corrected chi connectivity index (χ3v) is 3.74. The fourth-order valence-electron chi connectivity index (χ4n) is 1.36. The summed E-state index contributed by atoms with van der Waals surface area (Å²) < 4.78 is 0.836. The molecule has 98 valence electrons. The number of hydrogen-bond acceptors (Lipinski definition) is 2. The number of nitrogens with one attached hydrogen (secondary N) is 1. The first-order valence-corrected chi connectivity index (χ1v) is 7.08. The summed E-state index contributed by atoms with van der Waals surface area (Å²) in [5.41, 5.74) is 2.88. The second kappa shape index (κ2) is 6.45. The maximum atomic E-state index is 11.9. The van der Waals surface area contributed by atoms with Gasteiger partial charge in [0.15, 0.2) is 5.75 Å². The molecule has 0 aliphatic carbocycles. The number of hydroxylamine groups is 1. The number of carbonyl (C=O) groups is 1. The first-order valence-electron chi connectivity index (χ1n) is 5.24. The third-order valence-electron chi connectivity index (χ3n) is 2.27. The van der Waals surface area contributed by atoms with E-state index in [-0.39, 0.29) is 5.91 Å². The van der Waals surface area contributed by atoms with Gasteiger partial charge in [-0.1, -0.05) is 35.3 Å². The molecule has 0 bridgehead atoms. The topological polar surface area (TPSA) is 38.3 Å². The minimum Gasteiger partial charge on any atom is -0.378 e. The van der Waals surface area contributed by atoms with Crippen LogP contribution in [0, 0.1) is 3.57 Å². The van der Waals surface area contributed by atoms with Crippen LogP contribution < -0.4 is 10.3 Å². The Balaban J connectivity index is 2.07. The van der Waals surface area contributed by atoms with E-state index in [1.807, 2.05) is 12.1 Å². The van der Waals surface area contributed by atoms with Gasteiger partial charge < -0.3 is 4.84 Å². The van der Waals surface area contributed by atoms with Gasteiger partial charge in [-0.2, -0.15) is 5.48 Å². The van der Waals surface area contributed by atoms with Crippen molar-refractivity contribution in [3.63, 3.8) is 0 Å². The van der Waals surface area contributed by atoms with Crippen molar-refractivity contribution in [2.45, 2.75) is 0 Å². The Kier molecular flexibility index (Phi) is 4.90. The van der Waals surface area contributed by atoms with Crippen molar-refractivity contribution in [2.24, 2.45) is 0 Å². The van der Waals surface area contributed by atoms with Crippen LogP contribution in [0.5, 0.6) is 5.75 Å². The van der Waals surface area contributed by atoms with Gasteiger partial charge in [-0.05, 0) is 52.9 Å². The third kappa shape index (κ3) is 3.75. The molecule has 6 heteroatoms. The van der Waals surface area contributed by atoms with Gasteiger partial charge in [0.25, 0.3) is 5.91 Å². The average Bonchev–Trinajstić information content (AvgIpc) is 2.38. The Labute approximate surface area is 134 Å². The summed E-state index contributed by atoms with van der Waals surface area (Å²) in [6.45, 7) is 0. The Hall–Kier alpha value is -0.980. The fourth-order valence-corrected chi connectivity index (χ4v) is 2.44. The highest BCUT2D eigenvalue weighted by Crippen LogP contribution is 2.27. The minimum absolute atomic E-state index is 0.329. The van der Waals surface area contributed by atoms with Crippen molar-refractivity contribution in [2.75, 3.05) is 0 Å². The molecule has 2 rings (SSSR count). The summed E-state index contributed by atoms with van der Waals surface area (Å²) >= 11 is 13.8. The lowest BCUT2D eigenvalue weighted by Crippen LogP contribution is -2.27. The lowest BCUT2D eigenvalue weighted by Gasteiger charge is -2.09. The first kappa shape index (κ1) is 14.4. The molecule has 0 aliphatic rings. The minimum atomic E-state index is -0.337. The van der Waals surface area contributed by atoms with E-state index in [0.29, 0.717) is 21.4 Å². The molecule has 2 aromatic carbocycles. The van der Waals surface area contributed by atoms with Crippen molar-refractivity contribution in [1.29, 1.82) is 0 Å². The lowest BCUT2D eigenvalue weighted by atomic mass is 10.2. The van der Waals surface area contributed by atoms with E-state index in [9.17, 15) is 4.79 Å². The molecule has 0 heterocycles. The maximum absolute atomic E-state index is 11.9. The zero-order chi connectivity index (χ0) is 13.8. The smallest absolute Gasteiger partial charge is 0.284 e. The van der Waals surface area contributed by atoms with Crippen LogP contribution in [-0.2, 0) is 0 Å². The number of rotatable bonds is 3. The van der Waals surface area contributed by atoms with E-state index < -0.39 is 0 Å². The van der Waals surface area contributed by atoms with Gasteiger partial charge in [-0.3, -0.25) is 4.79 Å². The Morgan fingerprint density at radius 1 is 1.16 bits per heavy atom. The Morgan fingerprint density at radius 2 is 1.89 bits per heavy atom. The van der Waals surface area contributed by atoms with Gasteiger partial charge in [0.05, 0.1) is 10.6 Å². The molecule has 0 saturated carbocycles. The predicted molar refractivity (Wildman–Crippen MR) is 83.7 cm³/mol. The molecule has 0 radical (unpaired) electrons. The second-order valence-electron chi connectivity index (χ2n) is 3.59. The summed E-state index contributed by atoms with van der Waals surface area (Å²) in [5.74, 6) is 0.00127. The molecule has 0 spiro atoms. The molecule has 1 amide bonds. The van der Waals surface area contributed by atoms with Crippen molar-refractivity contribution in [3.8, 4) is 5.75 Å². The number of carbonyl (C=O) groups excluding carboxylic acids is 1. The van der Waals surface area contributed by atoms with Crippen molar-refractivity contribution < 1.29 is 9.63 Å². The number of halogens is 3. The zero-order valence-electron chi connectivity index (χ0n) is 9.49. The molecular formula is C13H8Cl2INO2. The summed E-state index contributed by atoms with van der Waals surface area (Å²) in [6.07, 6.45) is 0. The molecule has 19 heavy (non-hydrogen) atoms. The van der Waals surface area contributed by atoms with E-state index in [1.165, 1.54) is 6.07 Å². The van der Waals surface area contributed by atoms with Crippen molar-refractivity contribution in [1.82, 2.24) is 5.48 Å². The van der Waals surface area contributed by atoms with Crippen LogP contribution in [0.1, 0.15) is 10.4 Å². The highest BCUT2D eigenvalue weighted by atomic mass is 127. The van der Waals surface area contributed by atoms with Crippen LogP contribution >= 0.6 is 45.8 Å². The molecule has 1 N–H and O–H groups in total. The number of hydrogen-bond donors (Lipinski definition) is 1. The first-order chi connectivity index (χ1) is 9.08. The second-order valence-corrected chi connectivity index (χ2v) is 5.59. The molecule has 0 unspecified atom stereocenters. The van der Waals surface area contributed by atoms with E-state index >= 15 is 0 Å². The quantitative estimate of drug-likeness (QED) is 0.607. The Morgan fingerprint density at radius 3 is 2.58 bits per heavy atom. The summed E-state index contributed by atoms with van der Waals surface area (Å²) in [4.78, 5) is 17.1. The fraction of sp³-hybridized carbons (Fsp3) is 0. The highest BCUT2D eigenvalue weighted by Gasteiger charge is 2.10. The van der Waals surface area contributed by atoms with E-state index in [0.717, 1.165) is 3.57 Å². The molecule has 0 aromatic heterocycles.